The van der Waals surface area contributed by atoms with E-state index in [1.165, 1.54) is 39.2 Å². The number of amides is 1. The van der Waals surface area contributed by atoms with Crippen LogP contribution in [0.2, 0.25) is 5.02 Å². The predicted molar refractivity (Wildman–Crippen MR) is 163 cm³/mol. The maximum absolute atomic E-state index is 13.1. The standard InChI is InChI=1S/C30H35ClN8O3/c1-37-11-9-22(10-12-37)38-13-15-39(16-14-38)24-8-7-21(17-26(24)42-3)34-30-33-19-23(31)28(36-30)29(40)35-27-20(18-32)5-4-6-25(27)41-2/h4-8,17,19,22H,9-16H2,1-3H3,(H,35,40)(H,33,34,36). The number of benzene rings is 2. The SMILES string of the molecule is COc1cc(Nc2ncc(Cl)c(C(=O)Nc3c(C#N)cccc3OC)n2)ccc1N1CCN(C2CCN(C)CC2)CC1. The first-order valence-corrected chi connectivity index (χ1v) is 14.3. The van der Waals surface area contributed by atoms with Crippen molar-refractivity contribution in [3.8, 4) is 17.6 Å². The summed E-state index contributed by atoms with van der Waals surface area (Å²) in [6, 6.07) is 13.5. The molecule has 11 nitrogen and oxygen atoms in total. The molecule has 2 aromatic carbocycles. The van der Waals surface area contributed by atoms with Crippen LogP contribution in [-0.4, -0.2) is 92.3 Å². The molecular formula is C30H35ClN8O3. The first kappa shape index (κ1) is 29.4. The van der Waals surface area contributed by atoms with Crippen LogP contribution in [0.25, 0.3) is 0 Å². The van der Waals surface area contributed by atoms with E-state index in [0.29, 0.717) is 17.5 Å². The number of halogens is 1. The molecule has 1 amide bonds. The predicted octanol–water partition coefficient (Wildman–Crippen LogP) is 4.23. The molecule has 0 bridgehead atoms. The summed E-state index contributed by atoms with van der Waals surface area (Å²) in [5, 5.41) is 15.4. The highest BCUT2D eigenvalue weighted by Crippen LogP contribution is 2.34. The normalized spacial score (nSPS) is 16.5. The number of nitrogens with one attached hydrogen (secondary N) is 2. The molecule has 2 aliphatic rings. The number of aromatic nitrogens is 2. The lowest BCUT2D eigenvalue weighted by Gasteiger charge is -2.43. The van der Waals surface area contributed by atoms with Gasteiger partial charge >= 0.3 is 0 Å². The molecule has 2 N–H and O–H groups in total. The number of carbonyl (C=O) groups is 1. The summed E-state index contributed by atoms with van der Waals surface area (Å²) in [4.78, 5) is 29.1. The minimum atomic E-state index is -0.598. The van der Waals surface area contributed by atoms with Gasteiger partial charge in [-0.15, -0.1) is 0 Å². The van der Waals surface area contributed by atoms with Crippen molar-refractivity contribution < 1.29 is 14.3 Å². The number of nitrogens with zero attached hydrogens (tertiary/aromatic N) is 6. The number of methoxy groups -OCH3 is 2. The van der Waals surface area contributed by atoms with E-state index < -0.39 is 5.91 Å². The van der Waals surface area contributed by atoms with Gasteiger partial charge in [-0.25, -0.2) is 9.97 Å². The van der Waals surface area contributed by atoms with Gasteiger partial charge in [0.1, 0.15) is 23.3 Å². The average Bonchev–Trinajstić information content (AvgIpc) is 3.02. The second-order valence-corrected chi connectivity index (χ2v) is 10.8. The van der Waals surface area contributed by atoms with Gasteiger partial charge in [-0.2, -0.15) is 5.26 Å². The number of carbonyl (C=O) groups excluding carboxylic acids is 1. The number of para-hydroxylation sites is 1. The van der Waals surface area contributed by atoms with Gasteiger partial charge in [0.25, 0.3) is 5.91 Å². The Bertz CT molecular complexity index is 1460. The third-order valence-corrected chi connectivity index (χ3v) is 8.14. The molecule has 220 valence electrons. The molecule has 0 radical (unpaired) electrons. The van der Waals surface area contributed by atoms with Crippen LogP contribution < -0.4 is 25.0 Å². The lowest BCUT2D eigenvalue weighted by molar-refractivity contribution is 0.102. The van der Waals surface area contributed by atoms with Crippen LogP contribution in [0.1, 0.15) is 28.9 Å². The Balaban J connectivity index is 1.27. The van der Waals surface area contributed by atoms with Gasteiger partial charge in [-0.3, -0.25) is 9.69 Å². The summed E-state index contributed by atoms with van der Waals surface area (Å²) in [6.07, 6.45) is 3.82. The minimum Gasteiger partial charge on any atom is -0.495 e. The summed E-state index contributed by atoms with van der Waals surface area (Å²) in [5.74, 6) is 0.673. The van der Waals surface area contributed by atoms with Gasteiger partial charge in [0.05, 0.1) is 36.7 Å². The van der Waals surface area contributed by atoms with Crippen molar-refractivity contribution >= 4 is 40.5 Å². The van der Waals surface area contributed by atoms with E-state index in [4.69, 9.17) is 21.1 Å². The van der Waals surface area contributed by atoms with Gasteiger partial charge in [-0.05, 0) is 57.2 Å². The zero-order valence-electron chi connectivity index (χ0n) is 24.1. The fraction of sp³-hybridized carbons (Fsp3) is 0.400. The lowest BCUT2D eigenvalue weighted by Crippen LogP contribution is -2.53. The van der Waals surface area contributed by atoms with Crippen LogP contribution >= 0.6 is 11.6 Å². The quantitative estimate of drug-likeness (QED) is 0.394. The largest absolute Gasteiger partial charge is 0.495 e. The first-order chi connectivity index (χ1) is 20.4. The Hall–Kier alpha value is -4.11. The van der Waals surface area contributed by atoms with E-state index in [1.54, 1.807) is 25.3 Å². The van der Waals surface area contributed by atoms with Crippen molar-refractivity contribution in [2.45, 2.75) is 18.9 Å². The molecule has 5 rings (SSSR count). The number of piperidine rings is 1. The number of ether oxygens (including phenoxy) is 2. The van der Waals surface area contributed by atoms with Crippen LogP contribution in [0.4, 0.5) is 23.0 Å². The first-order valence-electron chi connectivity index (χ1n) is 13.9. The van der Waals surface area contributed by atoms with E-state index in [2.05, 4.69) is 48.4 Å². The number of nitriles is 1. The molecule has 3 heterocycles. The maximum Gasteiger partial charge on any atom is 0.276 e. The van der Waals surface area contributed by atoms with E-state index >= 15 is 0 Å². The van der Waals surface area contributed by atoms with Crippen molar-refractivity contribution in [2.75, 3.05) is 76.1 Å². The van der Waals surface area contributed by atoms with Crippen molar-refractivity contribution in [3.05, 3.63) is 58.9 Å². The fourth-order valence-corrected chi connectivity index (χ4v) is 5.69. The van der Waals surface area contributed by atoms with E-state index in [0.717, 1.165) is 37.6 Å². The van der Waals surface area contributed by atoms with E-state index in [1.807, 2.05) is 18.2 Å². The van der Waals surface area contributed by atoms with Crippen molar-refractivity contribution in [2.24, 2.45) is 0 Å². The number of hydrogen-bond acceptors (Lipinski definition) is 10. The third kappa shape index (κ3) is 6.51. The van der Waals surface area contributed by atoms with Crippen molar-refractivity contribution in [1.29, 1.82) is 5.26 Å². The van der Waals surface area contributed by atoms with Crippen LogP contribution in [-0.2, 0) is 0 Å². The van der Waals surface area contributed by atoms with Crippen LogP contribution in [0, 0.1) is 11.3 Å². The molecule has 0 atom stereocenters. The zero-order chi connectivity index (χ0) is 29.6. The summed E-state index contributed by atoms with van der Waals surface area (Å²) in [6.45, 7) is 6.28. The van der Waals surface area contributed by atoms with Gasteiger partial charge in [0, 0.05) is 44.0 Å². The molecule has 2 fully saturated rings. The van der Waals surface area contributed by atoms with Crippen molar-refractivity contribution in [1.82, 2.24) is 19.8 Å². The number of hydrogen-bond donors (Lipinski definition) is 2. The average molecular weight is 591 g/mol. The smallest absolute Gasteiger partial charge is 0.276 e. The fourth-order valence-electron chi connectivity index (χ4n) is 5.52. The zero-order valence-corrected chi connectivity index (χ0v) is 24.8. The maximum atomic E-state index is 13.1. The molecule has 2 aliphatic heterocycles. The van der Waals surface area contributed by atoms with Gasteiger partial charge < -0.3 is 29.9 Å². The highest BCUT2D eigenvalue weighted by Gasteiger charge is 2.27. The number of piperazine rings is 1. The topological polar surface area (TPSA) is 119 Å². The molecule has 3 aromatic rings. The monoisotopic (exact) mass is 590 g/mol. The van der Waals surface area contributed by atoms with Gasteiger partial charge in [-0.1, -0.05) is 17.7 Å². The Morgan fingerprint density at radius 2 is 1.79 bits per heavy atom. The molecule has 2 saturated heterocycles. The molecule has 0 saturated carbocycles. The summed E-state index contributed by atoms with van der Waals surface area (Å²) in [5.41, 5.74) is 2.18. The summed E-state index contributed by atoms with van der Waals surface area (Å²) < 4.78 is 11.1. The molecule has 0 unspecified atom stereocenters. The minimum absolute atomic E-state index is 0.0463. The molecule has 42 heavy (non-hydrogen) atoms. The number of rotatable bonds is 8. The van der Waals surface area contributed by atoms with Gasteiger partial charge in [0.2, 0.25) is 5.95 Å². The second-order valence-electron chi connectivity index (χ2n) is 10.4. The Kier molecular flexibility index (Phi) is 9.27. The molecule has 0 aliphatic carbocycles. The number of likely N-dealkylation sites (tertiary alicyclic amines) is 1. The Labute approximate surface area is 251 Å². The second kappa shape index (κ2) is 13.2. The molecule has 1 aromatic heterocycles. The van der Waals surface area contributed by atoms with Gasteiger partial charge in [0.15, 0.2) is 5.69 Å². The Morgan fingerprint density at radius 3 is 2.48 bits per heavy atom. The molecular weight excluding hydrogens is 556 g/mol. The highest BCUT2D eigenvalue weighted by molar-refractivity contribution is 6.34. The highest BCUT2D eigenvalue weighted by atomic mass is 35.5. The van der Waals surface area contributed by atoms with E-state index in [-0.39, 0.29) is 27.9 Å². The molecule has 12 heteroatoms. The number of anilines is 4. The summed E-state index contributed by atoms with van der Waals surface area (Å²) >= 11 is 6.29. The van der Waals surface area contributed by atoms with Crippen LogP contribution in [0.5, 0.6) is 11.5 Å². The Morgan fingerprint density at radius 1 is 1.05 bits per heavy atom. The third-order valence-electron chi connectivity index (χ3n) is 7.86. The molecule has 0 spiro atoms. The lowest BCUT2D eigenvalue weighted by atomic mass is 10.0. The summed E-state index contributed by atoms with van der Waals surface area (Å²) in [7, 11) is 5.32. The van der Waals surface area contributed by atoms with Crippen LogP contribution in [0.3, 0.4) is 0 Å². The van der Waals surface area contributed by atoms with Crippen molar-refractivity contribution in [3.63, 3.8) is 0 Å². The van der Waals surface area contributed by atoms with Crippen LogP contribution in [0.15, 0.2) is 42.6 Å². The van der Waals surface area contributed by atoms with E-state index in [9.17, 15) is 10.1 Å².